The van der Waals surface area contributed by atoms with Gasteiger partial charge in [-0.2, -0.15) is 0 Å². The number of hydrogen-bond acceptors (Lipinski definition) is 1. The zero-order valence-corrected chi connectivity index (χ0v) is 10.0. The second-order valence-corrected chi connectivity index (χ2v) is 5.10. The molecule has 0 radical (unpaired) electrons. The van der Waals surface area contributed by atoms with Gasteiger partial charge >= 0.3 is 0 Å². The van der Waals surface area contributed by atoms with Gasteiger partial charge in [0.25, 0.3) is 0 Å². The van der Waals surface area contributed by atoms with E-state index in [1.165, 1.54) is 32.1 Å². The predicted octanol–water partition coefficient (Wildman–Crippen LogP) is 3.10. The molecule has 0 aromatic rings. The lowest BCUT2D eigenvalue weighted by molar-refractivity contribution is 0.235. The molecular weight excluding hydrogens is 170 g/mol. The maximum atomic E-state index is 3.74. The second-order valence-electron chi connectivity index (χ2n) is 5.10. The molecule has 2 bridgehead atoms. The monoisotopic (exact) mass is 193 g/mol. The number of piperidine rings is 1. The Hall–Kier alpha value is -0.480. The van der Waals surface area contributed by atoms with Crippen molar-refractivity contribution in [2.24, 2.45) is 0 Å². The van der Waals surface area contributed by atoms with E-state index < -0.39 is 0 Å². The van der Waals surface area contributed by atoms with Gasteiger partial charge in [-0.15, -0.1) is 11.8 Å². The van der Waals surface area contributed by atoms with Gasteiger partial charge in [0.05, 0.1) is 0 Å². The van der Waals surface area contributed by atoms with Crippen molar-refractivity contribution >= 4 is 0 Å². The summed E-state index contributed by atoms with van der Waals surface area (Å²) < 4.78 is 0. The smallest absolute Gasteiger partial charge is 0.0159 e. The van der Waals surface area contributed by atoms with Crippen LogP contribution in [0.5, 0.6) is 0 Å². The van der Waals surface area contributed by atoms with E-state index in [2.05, 4.69) is 31.0 Å². The van der Waals surface area contributed by atoms with Crippen molar-refractivity contribution < 1.29 is 0 Å². The van der Waals surface area contributed by atoms with Crippen LogP contribution in [0.2, 0.25) is 0 Å². The van der Waals surface area contributed by atoms with Crippen LogP contribution in [-0.4, -0.2) is 11.1 Å². The fourth-order valence-electron chi connectivity index (χ4n) is 2.65. The third kappa shape index (κ3) is 2.75. The van der Waals surface area contributed by atoms with Crippen LogP contribution in [0.3, 0.4) is 0 Å². The normalized spacial score (nSPS) is 39.1. The minimum Gasteiger partial charge on any atom is -0.306 e. The van der Waals surface area contributed by atoms with Crippen LogP contribution in [0.25, 0.3) is 0 Å². The van der Waals surface area contributed by atoms with Gasteiger partial charge in [-0.3, -0.25) is 0 Å². The van der Waals surface area contributed by atoms with Gasteiger partial charge in [-0.1, -0.05) is 0 Å². The average molecular weight is 193 g/mol. The summed E-state index contributed by atoms with van der Waals surface area (Å²) in [7, 11) is 0. The molecule has 1 N–H and O–H groups in total. The summed E-state index contributed by atoms with van der Waals surface area (Å²) in [5.74, 6) is 5.36. The van der Waals surface area contributed by atoms with Crippen molar-refractivity contribution in [2.75, 3.05) is 0 Å². The summed E-state index contributed by atoms with van der Waals surface area (Å²) in [6, 6.07) is 0. The Morgan fingerprint density at radius 2 is 1.29 bits per heavy atom. The zero-order valence-electron chi connectivity index (χ0n) is 10.0. The summed E-state index contributed by atoms with van der Waals surface area (Å²) in [6.07, 6.45) is 7.00. The summed E-state index contributed by atoms with van der Waals surface area (Å²) in [5.41, 5.74) is 1.01. The van der Waals surface area contributed by atoms with Crippen LogP contribution in [-0.2, 0) is 0 Å². The van der Waals surface area contributed by atoms with Crippen LogP contribution in [0.15, 0.2) is 0 Å². The third-order valence-corrected chi connectivity index (χ3v) is 3.54. The fraction of sp³-hybridized carbons (Fsp3) is 0.846. The Balaban J connectivity index is 0.000000213. The molecule has 2 rings (SSSR count). The molecule has 2 atom stereocenters. The summed E-state index contributed by atoms with van der Waals surface area (Å²) in [4.78, 5) is 0. The van der Waals surface area contributed by atoms with E-state index in [1.807, 2.05) is 13.8 Å². The Labute approximate surface area is 88.7 Å². The van der Waals surface area contributed by atoms with Crippen LogP contribution < -0.4 is 5.32 Å². The fourth-order valence-corrected chi connectivity index (χ4v) is 2.65. The van der Waals surface area contributed by atoms with Gasteiger partial charge in [0.15, 0.2) is 0 Å². The molecule has 2 saturated heterocycles. The molecule has 0 spiro atoms. The first-order valence-corrected chi connectivity index (χ1v) is 5.66. The number of rotatable bonds is 0. The van der Waals surface area contributed by atoms with Crippen molar-refractivity contribution in [3.8, 4) is 11.8 Å². The third-order valence-electron chi connectivity index (χ3n) is 3.54. The summed E-state index contributed by atoms with van der Waals surface area (Å²) >= 11 is 0. The van der Waals surface area contributed by atoms with E-state index in [9.17, 15) is 0 Å². The van der Waals surface area contributed by atoms with Crippen molar-refractivity contribution in [1.29, 1.82) is 0 Å². The highest BCUT2D eigenvalue weighted by molar-refractivity contribution is 5.05. The molecule has 1 heteroatoms. The Morgan fingerprint density at radius 3 is 1.57 bits per heavy atom. The first-order chi connectivity index (χ1) is 6.54. The van der Waals surface area contributed by atoms with Crippen molar-refractivity contribution in [2.45, 2.75) is 70.9 Å². The van der Waals surface area contributed by atoms with Gasteiger partial charge in [0, 0.05) is 11.1 Å². The van der Waals surface area contributed by atoms with Gasteiger partial charge in [-0.05, 0) is 59.8 Å². The molecule has 2 aliphatic rings. The molecule has 80 valence electrons. The highest BCUT2D eigenvalue weighted by atomic mass is 15.1. The topological polar surface area (TPSA) is 12.0 Å². The summed E-state index contributed by atoms with van der Waals surface area (Å²) in [6.45, 7) is 8.38. The van der Waals surface area contributed by atoms with Crippen LogP contribution in [0, 0.1) is 11.8 Å². The highest BCUT2D eigenvalue weighted by Crippen LogP contribution is 2.41. The minimum atomic E-state index is 0.507. The molecule has 0 saturated carbocycles. The molecule has 2 aliphatic heterocycles. The van der Waals surface area contributed by atoms with Crippen molar-refractivity contribution in [1.82, 2.24) is 5.32 Å². The molecule has 0 aromatic carbocycles. The maximum absolute atomic E-state index is 3.74. The number of hydrogen-bond donors (Lipinski definition) is 1. The second kappa shape index (κ2) is 4.36. The molecule has 1 nitrogen and oxygen atoms in total. The molecular formula is C13H23N. The van der Waals surface area contributed by atoms with Crippen molar-refractivity contribution in [3.05, 3.63) is 0 Å². The van der Waals surface area contributed by atoms with Crippen molar-refractivity contribution in [3.63, 3.8) is 0 Å². The lowest BCUT2D eigenvalue weighted by atomic mass is 9.89. The molecule has 2 unspecified atom stereocenters. The van der Waals surface area contributed by atoms with Gasteiger partial charge in [-0.25, -0.2) is 0 Å². The average Bonchev–Trinajstić information content (AvgIpc) is 2.36. The lowest BCUT2D eigenvalue weighted by Crippen LogP contribution is -2.50. The van der Waals surface area contributed by atoms with Crippen LogP contribution >= 0.6 is 0 Å². The molecule has 2 fully saturated rings. The van der Waals surface area contributed by atoms with E-state index in [0.29, 0.717) is 11.1 Å². The number of fused-ring (bicyclic) bond motifs is 2. The molecule has 2 heterocycles. The van der Waals surface area contributed by atoms with E-state index in [1.54, 1.807) is 0 Å². The predicted molar refractivity (Wildman–Crippen MR) is 62.2 cm³/mol. The first-order valence-electron chi connectivity index (χ1n) is 5.66. The minimum absolute atomic E-state index is 0.507. The van der Waals surface area contributed by atoms with Gasteiger partial charge in [0.1, 0.15) is 0 Å². The number of nitrogens with one attached hydrogen (secondary N) is 1. The molecule has 14 heavy (non-hydrogen) atoms. The first kappa shape index (κ1) is 11.6. The van der Waals surface area contributed by atoms with E-state index in [4.69, 9.17) is 0 Å². The standard InChI is InChI=1S/C9H17N.C4H6/c1-8-4-3-5-9(2,10-8)7-6-8;1-3-4-2/h10H,3-7H2,1-2H3;1-2H3. The zero-order chi connectivity index (χ0) is 10.7. The largest absolute Gasteiger partial charge is 0.306 e. The van der Waals surface area contributed by atoms with Crippen LogP contribution in [0.4, 0.5) is 0 Å². The van der Waals surface area contributed by atoms with Gasteiger partial charge < -0.3 is 5.32 Å². The quantitative estimate of drug-likeness (QED) is 0.583. The Bertz CT molecular complexity index is 226. The Morgan fingerprint density at radius 1 is 0.857 bits per heavy atom. The highest BCUT2D eigenvalue weighted by Gasteiger charge is 2.44. The van der Waals surface area contributed by atoms with E-state index >= 15 is 0 Å². The van der Waals surface area contributed by atoms with E-state index in [0.717, 1.165) is 0 Å². The Kier molecular flexibility index (Phi) is 3.61. The molecule has 0 aliphatic carbocycles. The maximum Gasteiger partial charge on any atom is 0.0159 e. The SMILES string of the molecule is CC#CC.CC12CCCC(C)(CC1)N2. The molecule has 0 aromatic heterocycles. The summed E-state index contributed by atoms with van der Waals surface area (Å²) in [5, 5.41) is 3.74. The molecule has 0 amide bonds. The van der Waals surface area contributed by atoms with Gasteiger partial charge in [0.2, 0.25) is 0 Å². The van der Waals surface area contributed by atoms with Crippen LogP contribution in [0.1, 0.15) is 59.8 Å². The van der Waals surface area contributed by atoms with E-state index in [-0.39, 0.29) is 0 Å². The lowest BCUT2D eigenvalue weighted by Gasteiger charge is -2.37.